The van der Waals surface area contributed by atoms with Crippen molar-refractivity contribution in [3.63, 3.8) is 0 Å². The fourth-order valence-corrected chi connectivity index (χ4v) is 2.46. The number of nitrogens with zero attached hydrogens (tertiary/aromatic N) is 3. The number of carbonyl (C=O) groups excluding carboxylic acids is 1. The summed E-state index contributed by atoms with van der Waals surface area (Å²) in [6.45, 7) is 5.25. The van der Waals surface area contributed by atoms with Gasteiger partial charge in [0.1, 0.15) is 0 Å². The Hall–Kier alpha value is -1.92. The smallest absolute Gasteiger partial charge is 0.248 e. The van der Waals surface area contributed by atoms with Gasteiger partial charge in [0.2, 0.25) is 5.91 Å². The number of hydrogen-bond acceptors (Lipinski definition) is 4. The van der Waals surface area contributed by atoms with Crippen LogP contribution in [0.5, 0.6) is 0 Å². The Morgan fingerprint density at radius 1 is 1.30 bits per heavy atom. The number of aromatic nitrogens is 2. The topological polar surface area (TPSA) is 73.4 Å². The minimum Gasteiger partial charge on any atom is -0.379 e. The molecule has 0 aliphatic carbocycles. The van der Waals surface area contributed by atoms with Crippen LogP contribution < -0.4 is 5.73 Å². The van der Waals surface area contributed by atoms with E-state index in [9.17, 15) is 4.79 Å². The molecule has 1 aromatic heterocycles. The van der Waals surface area contributed by atoms with E-state index in [1.807, 2.05) is 23.0 Å². The number of fused-ring (bicyclic) bond motifs is 1. The van der Waals surface area contributed by atoms with Gasteiger partial charge in [-0.25, -0.2) is 0 Å². The molecule has 1 amide bonds. The molecular weight excluding hydrogens is 256 g/mol. The van der Waals surface area contributed by atoms with Gasteiger partial charge in [-0.15, -0.1) is 0 Å². The maximum absolute atomic E-state index is 11.3. The van der Waals surface area contributed by atoms with Gasteiger partial charge in [-0.3, -0.25) is 14.4 Å². The number of amides is 1. The van der Waals surface area contributed by atoms with Crippen LogP contribution in [0.4, 0.5) is 0 Å². The first-order valence-electron chi connectivity index (χ1n) is 6.79. The molecular formula is C14H18N4O2. The van der Waals surface area contributed by atoms with Crippen LogP contribution in [-0.2, 0) is 11.3 Å². The highest BCUT2D eigenvalue weighted by molar-refractivity contribution is 5.96. The number of benzene rings is 1. The lowest BCUT2D eigenvalue weighted by molar-refractivity contribution is 0.0361. The number of nitrogens with two attached hydrogens (primary N) is 1. The standard InChI is InChI=1S/C14H18N4O2/c15-14(19)11-1-2-12-10-16-18(13(12)9-11)4-3-17-5-7-20-8-6-17/h1-2,9-10H,3-8H2,(H2,15,19). The van der Waals surface area contributed by atoms with Crippen molar-refractivity contribution in [2.45, 2.75) is 6.54 Å². The Bertz CT molecular complexity index is 617. The lowest BCUT2D eigenvalue weighted by Gasteiger charge is -2.26. The number of hydrogen-bond donors (Lipinski definition) is 1. The molecule has 0 unspecified atom stereocenters. The van der Waals surface area contributed by atoms with Gasteiger partial charge in [0.05, 0.1) is 31.5 Å². The molecule has 0 spiro atoms. The van der Waals surface area contributed by atoms with Crippen LogP contribution in [0.3, 0.4) is 0 Å². The summed E-state index contributed by atoms with van der Waals surface area (Å²) in [5.41, 5.74) is 6.80. The lowest BCUT2D eigenvalue weighted by atomic mass is 10.1. The predicted octanol–water partition coefficient (Wildman–Crippen LogP) is 0.467. The largest absolute Gasteiger partial charge is 0.379 e. The van der Waals surface area contributed by atoms with E-state index in [4.69, 9.17) is 10.5 Å². The van der Waals surface area contributed by atoms with Crippen molar-refractivity contribution < 1.29 is 9.53 Å². The maximum Gasteiger partial charge on any atom is 0.248 e. The molecule has 2 heterocycles. The molecule has 106 valence electrons. The molecule has 6 heteroatoms. The summed E-state index contributed by atoms with van der Waals surface area (Å²) in [5.74, 6) is -0.409. The Kier molecular flexibility index (Phi) is 3.66. The molecule has 2 aromatic rings. The summed E-state index contributed by atoms with van der Waals surface area (Å²) >= 11 is 0. The van der Waals surface area contributed by atoms with E-state index in [1.165, 1.54) is 0 Å². The maximum atomic E-state index is 11.3. The van der Waals surface area contributed by atoms with Crippen molar-refractivity contribution in [3.05, 3.63) is 30.0 Å². The monoisotopic (exact) mass is 274 g/mol. The summed E-state index contributed by atoms with van der Waals surface area (Å²) in [4.78, 5) is 13.6. The zero-order chi connectivity index (χ0) is 13.9. The van der Waals surface area contributed by atoms with E-state index in [2.05, 4.69) is 10.00 Å². The Labute approximate surface area is 117 Å². The first kappa shape index (κ1) is 13.1. The molecule has 0 bridgehead atoms. The zero-order valence-electron chi connectivity index (χ0n) is 11.3. The molecule has 0 saturated carbocycles. The quantitative estimate of drug-likeness (QED) is 0.879. The van der Waals surface area contributed by atoms with Gasteiger partial charge >= 0.3 is 0 Å². The first-order valence-corrected chi connectivity index (χ1v) is 6.79. The number of morpholine rings is 1. The molecule has 0 atom stereocenters. The van der Waals surface area contributed by atoms with Crippen molar-refractivity contribution in [1.29, 1.82) is 0 Å². The predicted molar refractivity (Wildman–Crippen MR) is 75.5 cm³/mol. The van der Waals surface area contributed by atoms with Gasteiger partial charge in [-0.05, 0) is 12.1 Å². The molecule has 3 rings (SSSR count). The number of ether oxygens (including phenoxy) is 1. The number of carbonyl (C=O) groups is 1. The molecule has 1 aromatic carbocycles. The van der Waals surface area contributed by atoms with Gasteiger partial charge in [0.15, 0.2) is 0 Å². The van der Waals surface area contributed by atoms with Crippen LogP contribution in [-0.4, -0.2) is 53.4 Å². The van der Waals surface area contributed by atoms with Gasteiger partial charge in [0, 0.05) is 30.6 Å². The van der Waals surface area contributed by atoms with E-state index >= 15 is 0 Å². The average molecular weight is 274 g/mol. The van der Waals surface area contributed by atoms with E-state index in [1.54, 1.807) is 6.07 Å². The Morgan fingerprint density at radius 3 is 2.85 bits per heavy atom. The summed E-state index contributed by atoms with van der Waals surface area (Å²) < 4.78 is 7.26. The van der Waals surface area contributed by atoms with E-state index in [-0.39, 0.29) is 0 Å². The van der Waals surface area contributed by atoms with Crippen molar-refractivity contribution in [3.8, 4) is 0 Å². The molecule has 20 heavy (non-hydrogen) atoms. The normalized spacial score (nSPS) is 16.6. The fraction of sp³-hybridized carbons (Fsp3) is 0.429. The van der Waals surface area contributed by atoms with Crippen LogP contribution in [0, 0.1) is 0 Å². The van der Waals surface area contributed by atoms with E-state index in [0.29, 0.717) is 5.56 Å². The van der Waals surface area contributed by atoms with Gasteiger partial charge in [-0.2, -0.15) is 5.10 Å². The molecule has 6 nitrogen and oxygen atoms in total. The lowest BCUT2D eigenvalue weighted by Crippen LogP contribution is -2.38. The van der Waals surface area contributed by atoms with Crippen molar-refractivity contribution in [2.75, 3.05) is 32.8 Å². The van der Waals surface area contributed by atoms with Crippen molar-refractivity contribution in [1.82, 2.24) is 14.7 Å². The van der Waals surface area contributed by atoms with Crippen molar-refractivity contribution in [2.24, 2.45) is 5.73 Å². The van der Waals surface area contributed by atoms with E-state index < -0.39 is 5.91 Å². The third kappa shape index (κ3) is 2.66. The minimum absolute atomic E-state index is 0.409. The highest BCUT2D eigenvalue weighted by atomic mass is 16.5. The molecule has 1 fully saturated rings. The van der Waals surface area contributed by atoms with Crippen LogP contribution >= 0.6 is 0 Å². The number of primary amides is 1. The molecule has 1 aliphatic rings. The number of rotatable bonds is 4. The van der Waals surface area contributed by atoms with Crippen LogP contribution in [0.2, 0.25) is 0 Å². The minimum atomic E-state index is -0.409. The van der Waals surface area contributed by atoms with Crippen LogP contribution in [0.25, 0.3) is 10.9 Å². The van der Waals surface area contributed by atoms with Crippen LogP contribution in [0.15, 0.2) is 24.4 Å². The molecule has 1 saturated heterocycles. The summed E-state index contributed by atoms with van der Waals surface area (Å²) in [6, 6.07) is 5.43. The highest BCUT2D eigenvalue weighted by Gasteiger charge is 2.11. The Balaban J connectivity index is 1.76. The summed E-state index contributed by atoms with van der Waals surface area (Å²) in [7, 11) is 0. The van der Waals surface area contributed by atoms with Crippen LogP contribution in [0.1, 0.15) is 10.4 Å². The second kappa shape index (κ2) is 5.60. The van der Waals surface area contributed by atoms with Gasteiger partial charge in [-0.1, -0.05) is 6.07 Å². The van der Waals surface area contributed by atoms with Gasteiger partial charge in [0.25, 0.3) is 0 Å². The Morgan fingerprint density at radius 2 is 2.10 bits per heavy atom. The molecule has 0 radical (unpaired) electrons. The fourth-order valence-electron chi connectivity index (χ4n) is 2.46. The summed E-state index contributed by atoms with van der Waals surface area (Å²) in [6.07, 6.45) is 1.82. The first-order chi connectivity index (χ1) is 9.74. The average Bonchev–Trinajstić information content (AvgIpc) is 2.88. The third-order valence-electron chi connectivity index (χ3n) is 3.66. The van der Waals surface area contributed by atoms with Crippen molar-refractivity contribution >= 4 is 16.8 Å². The molecule has 2 N–H and O–H groups in total. The third-order valence-corrected chi connectivity index (χ3v) is 3.66. The van der Waals surface area contributed by atoms with E-state index in [0.717, 1.165) is 50.3 Å². The summed E-state index contributed by atoms with van der Waals surface area (Å²) in [5, 5.41) is 5.41. The second-order valence-electron chi connectivity index (χ2n) is 4.96. The molecule has 1 aliphatic heterocycles. The SMILES string of the molecule is NC(=O)c1ccc2cnn(CCN3CCOCC3)c2c1. The van der Waals surface area contributed by atoms with Gasteiger partial charge < -0.3 is 10.5 Å². The highest BCUT2D eigenvalue weighted by Crippen LogP contribution is 2.15. The second-order valence-corrected chi connectivity index (χ2v) is 4.96. The zero-order valence-corrected chi connectivity index (χ0v) is 11.3.